The number of benzene rings is 1. The summed E-state index contributed by atoms with van der Waals surface area (Å²) in [6.45, 7) is 6.15. The summed E-state index contributed by atoms with van der Waals surface area (Å²) < 4.78 is 11.9. The largest absolute Gasteiger partial charge is 0.386 e. The smallest absolute Gasteiger partial charge is 0.278 e. The molecule has 3 atom stereocenters. The van der Waals surface area contributed by atoms with Gasteiger partial charge < -0.3 is 15.3 Å². The van der Waals surface area contributed by atoms with E-state index < -0.39 is 11.5 Å². The van der Waals surface area contributed by atoms with Crippen LogP contribution >= 0.6 is 0 Å². The first-order valence-electron chi connectivity index (χ1n) is 14.4. The number of rotatable bonds is 6. The average Bonchev–Trinajstić information content (AvgIpc) is 3.68. The zero-order valence-corrected chi connectivity index (χ0v) is 22.4. The number of fused-ring (bicyclic) bond motifs is 4. The molecule has 4 fully saturated rings. The van der Waals surface area contributed by atoms with Gasteiger partial charge in [0.25, 0.3) is 5.56 Å². The molecule has 204 valence electrons. The number of aliphatic hydroxyl groups is 1. The zero-order valence-electron chi connectivity index (χ0n) is 23.4. The van der Waals surface area contributed by atoms with E-state index in [1.165, 1.54) is 23.0 Å². The fourth-order valence-electron chi connectivity index (χ4n) is 6.71. The summed E-state index contributed by atoms with van der Waals surface area (Å²) in [6, 6.07) is 13.3. The molecule has 1 aromatic carbocycles. The number of pyridine rings is 1. The molecule has 3 unspecified atom stereocenters. The summed E-state index contributed by atoms with van der Waals surface area (Å²) in [6.07, 6.45) is 4.98. The second-order valence-electron chi connectivity index (χ2n) is 11.7. The van der Waals surface area contributed by atoms with Gasteiger partial charge in [-0.25, -0.2) is 19.3 Å². The fourth-order valence-corrected chi connectivity index (χ4v) is 6.71. The standard InChI is InChI=1S/C30H32N8O2/c1-3-12-37-28(40)23-15-31-29(32-19-5-7-20(8-6-19)36-16-21-13-22(17-36)35(21)2)34-27(23)38(37)24-9-4-18-14-30(10-11-30)26(39)25(18)33-24/h3-9,15,21-22,26,39H,1,10-14,16-17H2,2H3,(H,31,32,34)/i26D. The second kappa shape index (κ2) is 8.49. The van der Waals surface area contributed by atoms with Gasteiger partial charge in [0.05, 0.1) is 13.6 Å². The highest BCUT2D eigenvalue weighted by Gasteiger charge is 2.55. The van der Waals surface area contributed by atoms with Crippen molar-refractivity contribution in [1.29, 1.82) is 0 Å². The van der Waals surface area contributed by atoms with Crippen LogP contribution in [0.1, 0.15) is 38.0 Å². The van der Waals surface area contributed by atoms with Crippen molar-refractivity contribution in [1.82, 2.24) is 29.2 Å². The van der Waals surface area contributed by atoms with Crippen molar-refractivity contribution in [2.24, 2.45) is 5.41 Å². The monoisotopic (exact) mass is 537 g/mol. The van der Waals surface area contributed by atoms with Crippen molar-refractivity contribution in [2.75, 3.05) is 30.4 Å². The lowest BCUT2D eigenvalue weighted by Crippen LogP contribution is -2.67. The molecule has 0 radical (unpaired) electrons. The van der Waals surface area contributed by atoms with E-state index in [-0.39, 0.29) is 12.1 Å². The lowest BCUT2D eigenvalue weighted by molar-refractivity contribution is 0.0264. The molecule has 2 bridgehead atoms. The van der Waals surface area contributed by atoms with Crippen LogP contribution in [-0.4, -0.2) is 66.5 Å². The molecular formula is C30H32N8O2. The molecule has 1 saturated carbocycles. The van der Waals surface area contributed by atoms with Crippen LogP contribution in [0.2, 0.25) is 0 Å². The van der Waals surface area contributed by atoms with Crippen molar-refractivity contribution >= 4 is 28.4 Å². The number of piperidine rings is 1. The molecular weight excluding hydrogens is 504 g/mol. The number of likely N-dealkylation sites (N-methyl/N-ethyl adjacent to an activating group) is 1. The number of allylic oxidation sites excluding steroid dienone is 1. The SMILES string of the molecule is [2H]C1(O)c2nc(-n3c4nc(Nc5ccc(N6CC7CC(C6)N7C)cc5)ncc4c(=O)n3CC=C)ccc2CC12CC2. The topological polar surface area (TPSA) is 104 Å². The molecule has 1 spiro atoms. The Hall–Kier alpha value is -4.02. The molecule has 10 nitrogen and oxygen atoms in total. The molecule has 2 N–H and O–H groups in total. The minimum Gasteiger partial charge on any atom is -0.386 e. The van der Waals surface area contributed by atoms with Crippen molar-refractivity contribution in [2.45, 2.75) is 50.4 Å². The highest BCUT2D eigenvalue weighted by Crippen LogP contribution is 2.61. The highest BCUT2D eigenvalue weighted by atomic mass is 16.3. The second-order valence-corrected chi connectivity index (χ2v) is 11.7. The van der Waals surface area contributed by atoms with Crippen LogP contribution in [0.4, 0.5) is 17.3 Å². The first-order chi connectivity index (χ1) is 19.8. The highest BCUT2D eigenvalue weighted by molar-refractivity contribution is 5.77. The number of hydrogen-bond acceptors (Lipinski definition) is 8. The van der Waals surface area contributed by atoms with E-state index in [1.807, 2.05) is 24.3 Å². The van der Waals surface area contributed by atoms with Crippen LogP contribution in [0, 0.1) is 5.41 Å². The number of aromatic nitrogens is 5. The van der Waals surface area contributed by atoms with Crippen molar-refractivity contribution in [3.63, 3.8) is 0 Å². The minimum atomic E-state index is -1.75. The first kappa shape index (κ1) is 22.8. The fraction of sp³-hybridized carbons (Fsp3) is 0.400. The third kappa shape index (κ3) is 3.49. The van der Waals surface area contributed by atoms with Gasteiger partial charge in [-0.3, -0.25) is 9.69 Å². The first-order valence-corrected chi connectivity index (χ1v) is 13.9. The third-order valence-electron chi connectivity index (χ3n) is 9.31. The van der Waals surface area contributed by atoms with E-state index in [4.69, 9.17) is 11.3 Å². The van der Waals surface area contributed by atoms with Gasteiger partial charge in [-0.15, -0.1) is 6.58 Å². The number of hydrogen-bond donors (Lipinski definition) is 2. The molecule has 9 rings (SSSR count). The third-order valence-corrected chi connectivity index (χ3v) is 9.31. The Bertz CT molecular complexity index is 1760. The van der Waals surface area contributed by atoms with Crippen LogP contribution in [0.5, 0.6) is 0 Å². The summed E-state index contributed by atoms with van der Waals surface area (Å²) in [4.78, 5) is 32.2. The molecule has 2 aliphatic carbocycles. The molecule has 3 saturated heterocycles. The molecule has 6 heterocycles. The number of nitrogens with zero attached hydrogens (tertiary/aromatic N) is 7. The Balaban J connectivity index is 1.13. The molecule has 3 aromatic heterocycles. The van der Waals surface area contributed by atoms with E-state index in [2.05, 4.69) is 45.9 Å². The normalized spacial score (nSPS) is 26.4. The van der Waals surface area contributed by atoms with E-state index in [1.54, 1.807) is 10.8 Å². The van der Waals surface area contributed by atoms with Gasteiger partial charge in [0.15, 0.2) is 11.5 Å². The Morgan fingerprint density at radius 2 is 1.95 bits per heavy atom. The van der Waals surface area contributed by atoms with Gasteiger partial charge in [0.1, 0.15) is 11.5 Å². The molecule has 0 amide bonds. The maximum absolute atomic E-state index is 13.4. The van der Waals surface area contributed by atoms with Crippen molar-refractivity contribution in [3.05, 3.63) is 76.9 Å². The minimum absolute atomic E-state index is 0.237. The Kier molecular flexibility index (Phi) is 4.83. The summed E-state index contributed by atoms with van der Waals surface area (Å²) >= 11 is 0. The number of nitrogens with one attached hydrogen (secondary N) is 1. The van der Waals surface area contributed by atoms with Crippen LogP contribution in [0.3, 0.4) is 0 Å². The van der Waals surface area contributed by atoms with Gasteiger partial charge in [-0.2, -0.15) is 4.98 Å². The summed E-state index contributed by atoms with van der Waals surface area (Å²) in [5, 5.41) is 14.7. The molecule has 3 aliphatic heterocycles. The average molecular weight is 538 g/mol. The molecule has 10 heteroatoms. The maximum atomic E-state index is 13.4. The molecule has 40 heavy (non-hydrogen) atoms. The van der Waals surface area contributed by atoms with E-state index in [0.29, 0.717) is 47.0 Å². The quantitative estimate of drug-likeness (QED) is 0.362. The summed E-state index contributed by atoms with van der Waals surface area (Å²) in [5.41, 5.74) is 2.97. The van der Waals surface area contributed by atoms with Gasteiger partial charge in [0.2, 0.25) is 5.95 Å². The predicted molar refractivity (Wildman–Crippen MR) is 153 cm³/mol. The van der Waals surface area contributed by atoms with Gasteiger partial charge in [-0.1, -0.05) is 12.1 Å². The Morgan fingerprint density at radius 1 is 1.18 bits per heavy atom. The summed E-state index contributed by atoms with van der Waals surface area (Å²) in [5.74, 6) is 0.769. The van der Waals surface area contributed by atoms with E-state index in [9.17, 15) is 9.90 Å². The van der Waals surface area contributed by atoms with Gasteiger partial charge in [0, 0.05) is 48.2 Å². The molecule has 5 aliphatic rings. The maximum Gasteiger partial charge on any atom is 0.278 e. The predicted octanol–water partition coefficient (Wildman–Crippen LogP) is 3.17. The van der Waals surface area contributed by atoms with Crippen molar-refractivity contribution < 1.29 is 6.48 Å². The van der Waals surface area contributed by atoms with Gasteiger partial charge in [-0.05, 0) is 68.6 Å². The Morgan fingerprint density at radius 3 is 2.65 bits per heavy atom. The van der Waals surface area contributed by atoms with Crippen LogP contribution in [0.15, 0.2) is 60.0 Å². The van der Waals surface area contributed by atoms with E-state index in [0.717, 1.165) is 37.2 Å². The Labute approximate surface area is 233 Å². The van der Waals surface area contributed by atoms with Crippen LogP contribution in [0.25, 0.3) is 16.9 Å². The number of piperazine rings is 1. The lowest BCUT2D eigenvalue weighted by atomic mass is 9.88. The van der Waals surface area contributed by atoms with Gasteiger partial charge >= 0.3 is 0 Å². The number of anilines is 3. The molecule has 4 aromatic rings. The van der Waals surface area contributed by atoms with Crippen molar-refractivity contribution in [3.8, 4) is 5.82 Å². The van der Waals surface area contributed by atoms with Crippen LogP contribution < -0.4 is 15.8 Å². The van der Waals surface area contributed by atoms with E-state index >= 15 is 0 Å². The zero-order chi connectivity index (χ0) is 28.1. The van der Waals surface area contributed by atoms with Crippen LogP contribution in [-0.2, 0) is 13.0 Å². The summed E-state index contributed by atoms with van der Waals surface area (Å²) in [7, 11) is 2.21. The lowest BCUT2D eigenvalue weighted by Gasteiger charge is -2.55.